The Morgan fingerprint density at radius 1 is 1.40 bits per heavy atom. The third-order valence-corrected chi connectivity index (χ3v) is 1.56. The first-order valence-electron chi connectivity index (χ1n) is 3.41. The molecule has 0 aromatic heterocycles. The number of hydrogen-bond donors (Lipinski definition) is 0. The summed E-state index contributed by atoms with van der Waals surface area (Å²) in [5.74, 6) is 0. The van der Waals surface area contributed by atoms with Crippen LogP contribution in [0.2, 0.25) is 6.82 Å². The number of rotatable bonds is 2. The number of carbonyl (C=O) groups is 1. The van der Waals surface area contributed by atoms with Crippen LogP contribution in [0.3, 0.4) is 0 Å². The molecule has 50 valence electrons. The van der Waals surface area contributed by atoms with Crippen molar-refractivity contribution < 1.29 is 4.79 Å². The number of hydrogen-bond acceptors (Lipinski definition) is 1. The van der Waals surface area contributed by atoms with Gasteiger partial charge in [0.25, 0.3) is 0 Å². The van der Waals surface area contributed by atoms with E-state index < -0.39 is 0 Å². The maximum atomic E-state index is 10.4. The van der Waals surface area contributed by atoms with Gasteiger partial charge in [-0.1, -0.05) is 36.6 Å². The third kappa shape index (κ3) is 1.27. The molecule has 2 heteroatoms. The molecule has 0 atom stereocenters. The van der Waals surface area contributed by atoms with Crippen molar-refractivity contribution >= 4 is 19.0 Å². The van der Waals surface area contributed by atoms with Gasteiger partial charge in [0, 0.05) is 5.56 Å². The fourth-order valence-electron chi connectivity index (χ4n) is 0.971. The van der Waals surface area contributed by atoms with Gasteiger partial charge in [-0.25, -0.2) is 0 Å². The first kappa shape index (κ1) is 7.07. The van der Waals surface area contributed by atoms with Crippen molar-refractivity contribution in [3.8, 4) is 0 Å². The Morgan fingerprint density at radius 2 is 2.10 bits per heavy atom. The molecule has 0 aliphatic rings. The molecule has 0 radical (unpaired) electrons. The molecule has 0 N–H and O–H groups in total. The minimum atomic E-state index is 0.810. The SMILES string of the molecule is CBc1ccccc1C=O. The molecule has 1 rings (SSSR count). The van der Waals surface area contributed by atoms with E-state index in [9.17, 15) is 4.79 Å². The second kappa shape index (κ2) is 3.21. The van der Waals surface area contributed by atoms with E-state index in [1.165, 1.54) is 0 Å². The van der Waals surface area contributed by atoms with Crippen LogP contribution < -0.4 is 5.46 Å². The lowest BCUT2D eigenvalue weighted by molar-refractivity contribution is 0.112. The van der Waals surface area contributed by atoms with E-state index in [1.54, 1.807) is 0 Å². The van der Waals surface area contributed by atoms with Crippen LogP contribution in [0, 0.1) is 0 Å². The lowest BCUT2D eigenvalue weighted by Gasteiger charge is -1.96. The lowest BCUT2D eigenvalue weighted by Crippen LogP contribution is -2.15. The van der Waals surface area contributed by atoms with Gasteiger partial charge in [-0.2, -0.15) is 0 Å². The summed E-state index contributed by atoms with van der Waals surface area (Å²) in [6, 6.07) is 7.64. The molecule has 0 heterocycles. The van der Waals surface area contributed by atoms with Crippen LogP contribution in [0.25, 0.3) is 0 Å². The van der Waals surface area contributed by atoms with Crippen molar-refractivity contribution in [3.63, 3.8) is 0 Å². The van der Waals surface area contributed by atoms with Crippen LogP contribution in [-0.2, 0) is 0 Å². The van der Waals surface area contributed by atoms with Crippen molar-refractivity contribution in [1.29, 1.82) is 0 Å². The van der Waals surface area contributed by atoms with Gasteiger partial charge in [0.05, 0.1) is 0 Å². The fourth-order valence-corrected chi connectivity index (χ4v) is 0.971. The zero-order chi connectivity index (χ0) is 7.40. The topological polar surface area (TPSA) is 17.1 Å². The lowest BCUT2D eigenvalue weighted by atomic mass is 9.71. The number of carbonyl (C=O) groups excluding carboxylic acids is 1. The Bertz CT molecular complexity index is 232. The Labute approximate surface area is 61.3 Å². The maximum absolute atomic E-state index is 10.4. The van der Waals surface area contributed by atoms with E-state index in [-0.39, 0.29) is 0 Å². The van der Waals surface area contributed by atoms with Crippen molar-refractivity contribution in [2.45, 2.75) is 6.82 Å². The molecule has 0 amide bonds. The van der Waals surface area contributed by atoms with Gasteiger partial charge in [0.15, 0.2) is 7.28 Å². The summed E-state index contributed by atoms with van der Waals surface area (Å²) < 4.78 is 0. The second-order valence-corrected chi connectivity index (χ2v) is 2.17. The quantitative estimate of drug-likeness (QED) is 0.425. The molecule has 0 fully saturated rings. The Hall–Kier alpha value is -1.05. The smallest absolute Gasteiger partial charge is 0.155 e. The van der Waals surface area contributed by atoms with E-state index in [2.05, 4.69) is 0 Å². The van der Waals surface area contributed by atoms with Gasteiger partial charge in [-0.15, -0.1) is 0 Å². The monoisotopic (exact) mass is 132 g/mol. The highest BCUT2D eigenvalue weighted by Crippen LogP contribution is 1.90. The average Bonchev–Trinajstić information content (AvgIpc) is 2.04. The summed E-state index contributed by atoms with van der Waals surface area (Å²) >= 11 is 0. The van der Waals surface area contributed by atoms with Gasteiger partial charge in [-0.05, 0) is 0 Å². The minimum absolute atomic E-state index is 0.810. The maximum Gasteiger partial charge on any atom is 0.155 e. The molecule has 1 aromatic carbocycles. The predicted octanol–water partition coefficient (Wildman–Crippen LogP) is 0.609. The normalized spacial score (nSPS) is 8.90. The van der Waals surface area contributed by atoms with E-state index in [1.807, 2.05) is 31.1 Å². The fraction of sp³-hybridized carbons (Fsp3) is 0.125. The molecule has 0 saturated heterocycles. The molecular formula is C8H9BO. The van der Waals surface area contributed by atoms with Gasteiger partial charge < -0.3 is 0 Å². The molecule has 0 spiro atoms. The molecule has 1 aromatic rings. The molecule has 0 bridgehead atoms. The molecule has 0 saturated carbocycles. The van der Waals surface area contributed by atoms with Crippen LogP contribution in [0.1, 0.15) is 10.4 Å². The predicted molar refractivity (Wildman–Crippen MR) is 44.5 cm³/mol. The van der Waals surface area contributed by atoms with Crippen LogP contribution in [0.5, 0.6) is 0 Å². The van der Waals surface area contributed by atoms with Crippen molar-refractivity contribution in [1.82, 2.24) is 0 Å². The highest BCUT2D eigenvalue weighted by atomic mass is 16.1. The average molecular weight is 132 g/mol. The first-order valence-corrected chi connectivity index (χ1v) is 3.41. The number of benzene rings is 1. The minimum Gasteiger partial charge on any atom is -0.298 e. The van der Waals surface area contributed by atoms with Crippen LogP contribution >= 0.6 is 0 Å². The zero-order valence-corrected chi connectivity index (χ0v) is 6.00. The van der Waals surface area contributed by atoms with Crippen LogP contribution in [-0.4, -0.2) is 13.6 Å². The molecule has 0 aliphatic heterocycles. The van der Waals surface area contributed by atoms with Crippen molar-refractivity contribution in [2.24, 2.45) is 0 Å². The highest BCUT2D eigenvalue weighted by molar-refractivity contribution is 6.53. The van der Waals surface area contributed by atoms with E-state index in [0.717, 1.165) is 24.6 Å². The summed E-state index contributed by atoms with van der Waals surface area (Å²) in [5.41, 5.74) is 1.93. The second-order valence-electron chi connectivity index (χ2n) is 2.17. The summed E-state index contributed by atoms with van der Waals surface area (Å²) in [6.45, 7) is 2.04. The highest BCUT2D eigenvalue weighted by Gasteiger charge is 1.95. The Balaban J connectivity index is 3.08. The van der Waals surface area contributed by atoms with Crippen molar-refractivity contribution in [3.05, 3.63) is 29.8 Å². The summed E-state index contributed by atoms with van der Waals surface area (Å²) in [4.78, 5) is 10.4. The molecular weight excluding hydrogens is 123 g/mol. The van der Waals surface area contributed by atoms with Gasteiger partial charge in [-0.3, -0.25) is 4.79 Å². The Morgan fingerprint density at radius 3 is 2.60 bits per heavy atom. The van der Waals surface area contributed by atoms with E-state index in [4.69, 9.17) is 0 Å². The molecule has 1 nitrogen and oxygen atoms in total. The third-order valence-electron chi connectivity index (χ3n) is 1.56. The number of aldehydes is 1. The molecule has 0 unspecified atom stereocenters. The van der Waals surface area contributed by atoms with E-state index in [0.29, 0.717) is 0 Å². The van der Waals surface area contributed by atoms with E-state index >= 15 is 0 Å². The summed E-state index contributed by atoms with van der Waals surface area (Å²) in [5, 5.41) is 0. The largest absolute Gasteiger partial charge is 0.298 e. The standard InChI is InChI=1S/C8H9BO/c1-9-8-5-3-2-4-7(8)6-10/h2-6,9H,1H3. The van der Waals surface area contributed by atoms with Crippen LogP contribution in [0.15, 0.2) is 24.3 Å². The van der Waals surface area contributed by atoms with Gasteiger partial charge in [0.1, 0.15) is 6.29 Å². The Kier molecular flexibility index (Phi) is 2.27. The zero-order valence-electron chi connectivity index (χ0n) is 6.00. The summed E-state index contributed by atoms with van der Waals surface area (Å²) in [7, 11) is 0.926. The molecule has 0 aliphatic carbocycles. The van der Waals surface area contributed by atoms with Gasteiger partial charge >= 0.3 is 0 Å². The van der Waals surface area contributed by atoms with Crippen molar-refractivity contribution in [2.75, 3.05) is 0 Å². The summed E-state index contributed by atoms with van der Waals surface area (Å²) in [6.07, 6.45) is 0.902. The van der Waals surface area contributed by atoms with Gasteiger partial charge in [0.2, 0.25) is 0 Å². The molecule has 10 heavy (non-hydrogen) atoms. The van der Waals surface area contributed by atoms with Crippen LogP contribution in [0.4, 0.5) is 0 Å². The first-order chi connectivity index (χ1) is 4.88.